The zero-order valence-electron chi connectivity index (χ0n) is 10.8. The van der Waals surface area contributed by atoms with Gasteiger partial charge in [0, 0.05) is 6.42 Å². The van der Waals surface area contributed by atoms with E-state index in [0.717, 1.165) is 0 Å². The number of ether oxygens (including phenoxy) is 2. The molecule has 3 amide bonds. The number of urea groups is 1. The normalized spacial score (nSPS) is 36.1. The molecule has 0 spiro atoms. The van der Waals surface area contributed by atoms with Gasteiger partial charge in [0.2, 0.25) is 0 Å². The lowest BCUT2D eigenvalue weighted by Crippen LogP contribution is -2.60. The summed E-state index contributed by atoms with van der Waals surface area (Å²) in [5.41, 5.74) is -0.704. The first-order chi connectivity index (χ1) is 9.42. The molecule has 7 nitrogen and oxygen atoms in total. The van der Waals surface area contributed by atoms with Crippen molar-refractivity contribution in [1.29, 1.82) is 0 Å². The molecule has 3 unspecified atom stereocenters. The molecule has 2 heterocycles. The Morgan fingerprint density at radius 1 is 1.65 bits per heavy atom. The number of carbonyl (C=O) groups is 2. The number of rotatable bonds is 4. The molecule has 0 aromatic carbocycles. The van der Waals surface area contributed by atoms with Crippen LogP contribution < -0.4 is 5.32 Å². The van der Waals surface area contributed by atoms with Gasteiger partial charge in [-0.2, -0.15) is 0 Å². The second kappa shape index (κ2) is 6.21. The number of carbonyl (C=O) groups excluding carboxylic acids is 2. The molecule has 0 radical (unpaired) electrons. The highest BCUT2D eigenvalue weighted by molar-refractivity contribution is 6.19. The monoisotopic (exact) mass is 310 g/mol. The molecular formula is C11H16ClFN2O5. The summed E-state index contributed by atoms with van der Waals surface area (Å²) in [5, 5.41) is 11.1. The van der Waals surface area contributed by atoms with Crippen LogP contribution in [0.25, 0.3) is 0 Å². The van der Waals surface area contributed by atoms with E-state index in [1.807, 2.05) is 0 Å². The third-order valence-corrected chi connectivity index (χ3v) is 3.29. The number of nitrogens with zero attached hydrogens (tertiary/aromatic N) is 1. The largest absolute Gasteiger partial charge is 0.394 e. The number of alkyl halides is 2. The minimum atomic E-state index is -1.36. The second-order valence-electron chi connectivity index (χ2n) is 4.68. The van der Waals surface area contributed by atoms with Crippen LogP contribution in [0.2, 0.25) is 0 Å². The van der Waals surface area contributed by atoms with Crippen molar-refractivity contribution < 1.29 is 28.6 Å². The van der Waals surface area contributed by atoms with Crippen molar-refractivity contribution in [3.63, 3.8) is 0 Å². The van der Waals surface area contributed by atoms with Gasteiger partial charge in [-0.1, -0.05) is 11.6 Å². The van der Waals surface area contributed by atoms with Crippen molar-refractivity contribution in [1.82, 2.24) is 10.2 Å². The summed E-state index contributed by atoms with van der Waals surface area (Å²) in [5.74, 6) is -0.591. The Hall–Kier alpha value is -0.960. The van der Waals surface area contributed by atoms with Crippen LogP contribution in [0, 0.1) is 0 Å². The molecule has 2 rings (SSSR count). The molecular weight excluding hydrogens is 295 g/mol. The lowest BCUT2D eigenvalue weighted by atomic mass is 10.2. The first-order valence-electron chi connectivity index (χ1n) is 6.23. The number of nitrogens with one attached hydrogen (secondary N) is 1. The molecule has 2 saturated heterocycles. The zero-order chi connectivity index (χ0) is 14.9. The Kier molecular flexibility index (Phi) is 4.79. The Morgan fingerprint density at radius 3 is 2.90 bits per heavy atom. The number of amides is 3. The van der Waals surface area contributed by atoms with Crippen LogP contribution in [-0.4, -0.2) is 65.3 Å². The van der Waals surface area contributed by atoms with Crippen molar-refractivity contribution in [3.05, 3.63) is 0 Å². The van der Waals surface area contributed by atoms with Crippen molar-refractivity contribution in [2.24, 2.45) is 0 Å². The van der Waals surface area contributed by atoms with Gasteiger partial charge >= 0.3 is 6.03 Å². The lowest BCUT2D eigenvalue weighted by molar-refractivity contribution is -0.140. The Bertz CT molecular complexity index is 397. The summed E-state index contributed by atoms with van der Waals surface area (Å²) in [6.07, 6.45) is -4.16. The molecule has 2 aliphatic heterocycles. The Labute approximate surface area is 119 Å². The SMILES string of the molecule is CC(Cl)OC1CN([C@H]2CC(F)[C@@H](CO)O2)C(=O)NC1=O. The van der Waals surface area contributed by atoms with Gasteiger partial charge < -0.3 is 14.6 Å². The van der Waals surface area contributed by atoms with E-state index in [1.54, 1.807) is 6.92 Å². The molecule has 2 aliphatic rings. The Balaban J connectivity index is 2.03. The molecule has 20 heavy (non-hydrogen) atoms. The van der Waals surface area contributed by atoms with Crippen LogP contribution >= 0.6 is 11.6 Å². The van der Waals surface area contributed by atoms with E-state index in [-0.39, 0.29) is 13.0 Å². The second-order valence-corrected chi connectivity index (χ2v) is 5.29. The fraction of sp³-hybridized carbons (Fsp3) is 0.818. The number of hydrogen-bond donors (Lipinski definition) is 2. The zero-order valence-corrected chi connectivity index (χ0v) is 11.5. The third-order valence-electron chi connectivity index (χ3n) is 3.19. The van der Waals surface area contributed by atoms with E-state index in [9.17, 15) is 14.0 Å². The van der Waals surface area contributed by atoms with E-state index < -0.39 is 48.7 Å². The highest BCUT2D eigenvalue weighted by Gasteiger charge is 2.44. The highest BCUT2D eigenvalue weighted by atomic mass is 35.5. The maximum atomic E-state index is 13.5. The minimum absolute atomic E-state index is 0.0595. The van der Waals surface area contributed by atoms with Gasteiger partial charge in [0.25, 0.3) is 5.91 Å². The highest BCUT2D eigenvalue weighted by Crippen LogP contribution is 2.27. The predicted molar refractivity (Wildman–Crippen MR) is 65.7 cm³/mol. The quantitative estimate of drug-likeness (QED) is 0.711. The smallest absolute Gasteiger partial charge is 0.326 e. The molecule has 2 N–H and O–H groups in total. The molecule has 0 aromatic heterocycles. The number of hydrogen-bond acceptors (Lipinski definition) is 5. The topological polar surface area (TPSA) is 88.1 Å². The first-order valence-corrected chi connectivity index (χ1v) is 6.67. The maximum absolute atomic E-state index is 13.5. The van der Waals surface area contributed by atoms with Crippen LogP contribution in [0.3, 0.4) is 0 Å². The van der Waals surface area contributed by atoms with Gasteiger partial charge in [0.1, 0.15) is 24.1 Å². The lowest BCUT2D eigenvalue weighted by Gasteiger charge is -2.35. The van der Waals surface area contributed by atoms with Crippen LogP contribution in [-0.2, 0) is 14.3 Å². The summed E-state index contributed by atoms with van der Waals surface area (Å²) in [6.45, 7) is 1.00. The summed E-state index contributed by atoms with van der Waals surface area (Å²) < 4.78 is 24.0. The molecule has 114 valence electrons. The third kappa shape index (κ3) is 3.20. The van der Waals surface area contributed by atoms with Gasteiger partial charge in [-0.25, -0.2) is 9.18 Å². The van der Waals surface area contributed by atoms with Gasteiger partial charge in [-0.3, -0.25) is 15.0 Å². The number of aliphatic hydroxyl groups is 1. The van der Waals surface area contributed by atoms with Gasteiger partial charge in [0.15, 0.2) is 6.10 Å². The summed E-state index contributed by atoms with van der Waals surface area (Å²) in [4.78, 5) is 24.5. The van der Waals surface area contributed by atoms with Crippen molar-refractivity contribution in [3.8, 4) is 0 Å². The molecule has 9 heteroatoms. The molecule has 5 atom stereocenters. The average Bonchev–Trinajstić information content (AvgIpc) is 2.73. The minimum Gasteiger partial charge on any atom is -0.394 e. The summed E-state index contributed by atoms with van der Waals surface area (Å²) in [6, 6.07) is -0.673. The van der Waals surface area contributed by atoms with Crippen molar-refractivity contribution in [2.45, 2.75) is 43.5 Å². The molecule has 0 aromatic rings. The summed E-state index contributed by atoms with van der Waals surface area (Å²) in [7, 11) is 0. The molecule has 0 saturated carbocycles. The predicted octanol–water partition coefficient (Wildman–Crippen LogP) is -0.0464. The van der Waals surface area contributed by atoms with Crippen LogP contribution in [0.1, 0.15) is 13.3 Å². The van der Waals surface area contributed by atoms with E-state index in [1.165, 1.54) is 4.90 Å². The van der Waals surface area contributed by atoms with E-state index in [0.29, 0.717) is 0 Å². The number of halogens is 2. The fourth-order valence-electron chi connectivity index (χ4n) is 2.23. The van der Waals surface area contributed by atoms with Crippen LogP contribution in [0.5, 0.6) is 0 Å². The van der Waals surface area contributed by atoms with Gasteiger partial charge in [0.05, 0.1) is 13.2 Å². The molecule has 2 fully saturated rings. The maximum Gasteiger partial charge on any atom is 0.326 e. The summed E-state index contributed by atoms with van der Waals surface area (Å²) >= 11 is 5.66. The van der Waals surface area contributed by atoms with Crippen molar-refractivity contribution >= 4 is 23.5 Å². The first kappa shape index (κ1) is 15.4. The van der Waals surface area contributed by atoms with Gasteiger partial charge in [-0.05, 0) is 6.92 Å². The van der Waals surface area contributed by atoms with E-state index >= 15 is 0 Å². The molecule has 0 aliphatic carbocycles. The fourth-order valence-corrected chi connectivity index (χ4v) is 2.35. The van der Waals surface area contributed by atoms with Crippen molar-refractivity contribution in [2.75, 3.05) is 13.2 Å². The van der Waals surface area contributed by atoms with E-state index in [4.69, 9.17) is 26.2 Å². The van der Waals surface area contributed by atoms with Gasteiger partial charge in [-0.15, -0.1) is 0 Å². The number of aliphatic hydroxyl groups excluding tert-OH is 1. The Morgan fingerprint density at radius 2 is 2.35 bits per heavy atom. The van der Waals surface area contributed by atoms with Crippen LogP contribution in [0.15, 0.2) is 0 Å². The van der Waals surface area contributed by atoms with Crippen LogP contribution in [0.4, 0.5) is 9.18 Å². The standard InChI is InChI=1S/C11H16ClFN2O5/c1-5(12)19-7-3-15(11(18)14-10(7)17)9-2-6(13)8(4-16)20-9/h5-9,16H,2-4H2,1H3,(H,14,17,18)/t5?,6?,7?,8-,9-/m1/s1. The van der Waals surface area contributed by atoms with E-state index in [2.05, 4.69) is 5.32 Å². The number of imide groups is 1. The molecule has 0 bridgehead atoms. The average molecular weight is 311 g/mol.